The summed E-state index contributed by atoms with van der Waals surface area (Å²) in [4.78, 5) is 5.08. The first-order valence-electron chi connectivity index (χ1n) is 8.78. The van der Waals surface area contributed by atoms with E-state index in [0.29, 0.717) is 0 Å². The van der Waals surface area contributed by atoms with E-state index in [9.17, 15) is 12.8 Å². The molecule has 1 heterocycles. The van der Waals surface area contributed by atoms with Gasteiger partial charge in [-0.15, -0.1) is 0 Å². The van der Waals surface area contributed by atoms with Gasteiger partial charge in [0, 0.05) is 18.9 Å². The van der Waals surface area contributed by atoms with Gasteiger partial charge < -0.3 is 4.57 Å². The van der Waals surface area contributed by atoms with E-state index in [0.717, 1.165) is 39.1 Å². The summed E-state index contributed by atoms with van der Waals surface area (Å²) in [7, 11) is -1.31. The predicted octanol–water partition coefficient (Wildman–Crippen LogP) is 4.76. The topological polar surface area (TPSA) is 52.0 Å². The standard InChI is InChI=1S/C22H19FN2O2S/c1-14-19(16-5-4-6-17(23)13-16)11-12-20-21(14)24-22(25(20)2)15-7-9-18(10-8-15)28(3,26)27/h4-13H,1-3H3. The first kappa shape index (κ1) is 18.4. The smallest absolute Gasteiger partial charge is 0.175 e. The molecule has 4 aromatic rings. The molecule has 0 amide bonds. The average Bonchev–Trinajstić information content (AvgIpc) is 2.99. The SMILES string of the molecule is Cc1c(-c2cccc(F)c2)ccc2c1nc(-c1ccc(S(C)(=O)=O)cc1)n2C. The Balaban J connectivity index is 1.86. The van der Waals surface area contributed by atoms with E-state index in [4.69, 9.17) is 4.98 Å². The third-order valence-corrected chi connectivity index (χ3v) is 6.11. The maximum atomic E-state index is 13.6. The number of halogens is 1. The van der Waals surface area contributed by atoms with Crippen LogP contribution in [-0.2, 0) is 16.9 Å². The zero-order valence-corrected chi connectivity index (χ0v) is 16.6. The van der Waals surface area contributed by atoms with Gasteiger partial charge in [0.15, 0.2) is 9.84 Å². The number of nitrogens with zero attached hydrogens (tertiary/aromatic N) is 2. The van der Waals surface area contributed by atoms with Crippen LogP contribution >= 0.6 is 0 Å². The second-order valence-corrected chi connectivity index (χ2v) is 8.92. The van der Waals surface area contributed by atoms with E-state index in [1.165, 1.54) is 18.4 Å². The first-order valence-corrected chi connectivity index (χ1v) is 10.7. The van der Waals surface area contributed by atoms with Crippen molar-refractivity contribution in [1.29, 1.82) is 0 Å². The van der Waals surface area contributed by atoms with Crippen molar-refractivity contribution in [2.45, 2.75) is 11.8 Å². The van der Waals surface area contributed by atoms with Crippen LogP contribution < -0.4 is 0 Å². The van der Waals surface area contributed by atoms with Crippen LogP contribution in [0.5, 0.6) is 0 Å². The lowest BCUT2D eigenvalue weighted by atomic mass is 9.99. The van der Waals surface area contributed by atoms with Crippen LogP contribution in [-0.4, -0.2) is 24.2 Å². The van der Waals surface area contributed by atoms with E-state index in [1.807, 2.05) is 36.7 Å². The van der Waals surface area contributed by atoms with E-state index in [1.54, 1.807) is 30.3 Å². The maximum absolute atomic E-state index is 13.6. The van der Waals surface area contributed by atoms with Crippen molar-refractivity contribution in [3.8, 4) is 22.5 Å². The molecule has 0 N–H and O–H groups in total. The molecule has 3 aromatic carbocycles. The van der Waals surface area contributed by atoms with Gasteiger partial charge in [-0.1, -0.05) is 18.2 Å². The zero-order valence-electron chi connectivity index (χ0n) is 15.8. The average molecular weight is 394 g/mol. The number of aromatic nitrogens is 2. The van der Waals surface area contributed by atoms with Crippen molar-refractivity contribution in [1.82, 2.24) is 9.55 Å². The van der Waals surface area contributed by atoms with Gasteiger partial charge in [-0.05, 0) is 66.1 Å². The van der Waals surface area contributed by atoms with Crippen molar-refractivity contribution < 1.29 is 12.8 Å². The summed E-state index contributed by atoms with van der Waals surface area (Å²) >= 11 is 0. The zero-order chi connectivity index (χ0) is 20.1. The molecule has 0 atom stereocenters. The fourth-order valence-electron chi connectivity index (χ4n) is 3.47. The Morgan fingerprint density at radius 1 is 0.964 bits per heavy atom. The molecule has 0 saturated carbocycles. The van der Waals surface area contributed by atoms with Crippen molar-refractivity contribution in [3.05, 3.63) is 72.0 Å². The first-order chi connectivity index (χ1) is 13.3. The number of rotatable bonds is 3. The van der Waals surface area contributed by atoms with Gasteiger partial charge in [0.25, 0.3) is 0 Å². The summed E-state index contributed by atoms with van der Waals surface area (Å²) in [6.07, 6.45) is 1.19. The van der Waals surface area contributed by atoms with Gasteiger partial charge in [0.05, 0.1) is 15.9 Å². The van der Waals surface area contributed by atoms with Crippen LogP contribution in [0.4, 0.5) is 4.39 Å². The molecule has 0 aliphatic heterocycles. The van der Waals surface area contributed by atoms with Gasteiger partial charge in [-0.2, -0.15) is 0 Å². The minimum absolute atomic E-state index is 0.273. The minimum Gasteiger partial charge on any atom is -0.327 e. The number of benzene rings is 3. The van der Waals surface area contributed by atoms with E-state index in [-0.39, 0.29) is 10.7 Å². The van der Waals surface area contributed by atoms with Gasteiger partial charge >= 0.3 is 0 Å². The van der Waals surface area contributed by atoms with Crippen LogP contribution in [0.2, 0.25) is 0 Å². The summed E-state index contributed by atoms with van der Waals surface area (Å²) in [5.74, 6) is 0.471. The fourth-order valence-corrected chi connectivity index (χ4v) is 4.10. The lowest BCUT2D eigenvalue weighted by Gasteiger charge is -2.07. The molecule has 0 aliphatic carbocycles. The van der Waals surface area contributed by atoms with Gasteiger partial charge in [0.2, 0.25) is 0 Å². The number of imidazole rings is 1. The van der Waals surface area contributed by atoms with E-state index >= 15 is 0 Å². The van der Waals surface area contributed by atoms with Crippen molar-refractivity contribution >= 4 is 20.9 Å². The largest absolute Gasteiger partial charge is 0.327 e. The molecule has 0 radical (unpaired) electrons. The van der Waals surface area contributed by atoms with Crippen LogP contribution in [0.25, 0.3) is 33.5 Å². The molecule has 4 rings (SSSR count). The molecule has 0 bridgehead atoms. The van der Waals surface area contributed by atoms with E-state index in [2.05, 4.69) is 0 Å². The number of hydrogen-bond acceptors (Lipinski definition) is 3. The second kappa shape index (κ2) is 6.56. The Bertz CT molecular complexity index is 1310. The Labute approximate surface area is 163 Å². The maximum Gasteiger partial charge on any atom is 0.175 e. The lowest BCUT2D eigenvalue weighted by Crippen LogP contribution is -1.97. The monoisotopic (exact) mass is 394 g/mol. The second-order valence-electron chi connectivity index (χ2n) is 6.91. The molecule has 0 unspecified atom stereocenters. The molecular formula is C22H19FN2O2S. The molecule has 0 spiro atoms. The van der Waals surface area contributed by atoms with E-state index < -0.39 is 9.84 Å². The minimum atomic E-state index is -3.24. The molecular weight excluding hydrogens is 375 g/mol. The van der Waals surface area contributed by atoms with Gasteiger partial charge in [-0.3, -0.25) is 0 Å². The lowest BCUT2D eigenvalue weighted by molar-refractivity contribution is 0.602. The molecule has 4 nitrogen and oxygen atoms in total. The summed E-state index contributed by atoms with van der Waals surface area (Å²) in [5.41, 5.74) is 5.34. The van der Waals surface area contributed by atoms with Crippen LogP contribution in [0, 0.1) is 12.7 Å². The summed E-state index contributed by atoms with van der Waals surface area (Å²) in [6.45, 7) is 1.98. The van der Waals surface area contributed by atoms with Gasteiger partial charge in [-0.25, -0.2) is 17.8 Å². The normalized spacial score (nSPS) is 11.9. The highest BCUT2D eigenvalue weighted by molar-refractivity contribution is 7.90. The third-order valence-electron chi connectivity index (χ3n) is 4.98. The Morgan fingerprint density at radius 3 is 2.32 bits per heavy atom. The quantitative estimate of drug-likeness (QED) is 0.503. The van der Waals surface area contributed by atoms with Crippen molar-refractivity contribution in [3.63, 3.8) is 0 Å². The number of fused-ring (bicyclic) bond motifs is 1. The Morgan fingerprint density at radius 2 is 1.68 bits per heavy atom. The summed E-state index contributed by atoms with van der Waals surface area (Å²) < 4.78 is 39.0. The third kappa shape index (κ3) is 3.10. The molecule has 6 heteroatoms. The fraction of sp³-hybridized carbons (Fsp3) is 0.136. The highest BCUT2D eigenvalue weighted by atomic mass is 32.2. The molecule has 28 heavy (non-hydrogen) atoms. The number of aryl methyl sites for hydroxylation is 2. The summed E-state index contributed by atoms with van der Waals surface area (Å²) in [5, 5.41) is 0. The molecule has 142 valence electrons. The number of sulfone groups is 1. The van der Waals surface area contributed by atoms with Crippen LogP contribution in [0.3, 0.4) is 0 Å². The molecule has 0 saturated heterocycles. The van der Waals surface area contributed by atoms with Crippen LogP contribution in [0.15, 0.2) is 65.6 Å². The Hall–Kier alpha value is -2.99. The van der Waals surface area contributed by atoms with Crippen LogP contribution in [0.1, 0.15) is 5.56 Å². The van der Waals surface area contributed by atoms with Crippen molar-refractivity contribution in [2.24, 2.45) is 7.05 Å². The molecule has 0 fully saturated rings. The number of hydrogen-bond donors (Lipinski definition) is 0. The van der Waals surface area contributed by atoms with Gasteiger partial charge in [0.1, 0.15) is 11.6 Å². The molecule has 0 aliphatic rings. The Kier molecular flexibility index (Phi) is 4.31. The molecule has 1 aromatic heterocycles. The predicted molar refractivity (Wildman–Crippen MR) is 109 cm³/mol. The highest BCUT2D eigenvalue weighted by Crippen LogP contribution is 2.32. The summed E-state index contributed by atoms with van der Waals surface area (Å²) in [6, 6.07) is 17.2. The van der Waals surface area contributed by atoms with Crippen molar-refractivity contribution in [2.75, 3.05) is 6.26 Å². The highest BCUT2D eigenvalue weighted by Gasteiger charge is 2.15.